The van der Waals surface area contributed by atoms with Crippen molar-refractivity contribution in [3.63, 3.8) is 0 Å². The minimum Gasteiger partial charge on any atom is -0.376 e. The second-order valence-electron chi connectivity index (χ2n) is 3.44. The average molecular weight is 255 g/mol. The summed E-state index contributed by atoms with van der Waals surface area (Å²) < 4.78 is 26.6. The quantitative estimate of drug-likeness (QED) is 0.846. The zero-order valence-electron chi connectivity index (χ0n) is 8.75. The van der Waals surface area contributed by atoms with Gasteiger partial charge in [0, 0.05) is 12.7 Å². The molecule has 0 fully saturated rings. The van der Waals surface area contributed by atoms with Crippen molar-refractivity contribution in [2.45, 2.75) is 6.54 Å². The molecule has 2 nitrogen and oxygen atoms in total. The van der Waals surface area contributed by atoms with E-state index in [4.69, 9.17) is 11.6 Å². The lowest BCUT2D eigenvalue weighted by Crippen LogP contribution is -2.03. The van der Waals surface area contributed by atoms with Gasteiger partial charge in [-0.05, 0) is 23.8 Å². The summed E-state index contributed by atoms with van der Waals surface area (Å²) in [5, 5.41) is 3.06. The Hall–Kier alpha value is -1.68. The van der Waals surface area contributed by atoms with Crippen molar-refractivity contribution in [1.82, 2.24) is 4.98 Å². The summed E-state index contributed by atoms with van der Waals surface area (Å²) >= 11 is 5.63. The van der Waals surface area contributed by atoms with Crippen LogP contribution in [0.4, 0.5) is 14.5 Å². The number of hydrogen-bond donors (Lipinski definition) is 1. The third-order valence-corrected chi connectivity index (χ3v) is 2.44. The van der Waals surface area contributed by atoms with Crippen LogP contribution in [0.2, 0.25) is 5.15 Å². The molecule has 1 heterocycles. The first kappa shape index (κ1) is 11.8. The van der Waals surface area contributed by atoms with Crippen LogP contribution >= 0.6 is 11.6 Å². The standard InChI is InChI=1S/C12H9ClF2N2/c13-11-5-4-8(6-16-11)7-17-12-9(14)2-1-3-10(12)15/h1-6,17H,7H2. The van der Waals surface area contributed by atoms with Gasteiger partial charge in [-0.25, -0.2) is 13.8 Å². The van der Waals surface area contributed by atoms with E-state index in [0.29, 0.717) is 5.15 Å². The second kappa shape index (κ2) is 5.10. The number of para-hydroxylation sites is 1. The average Bonchev–Trinajstić information content (AvgIpc) is 2.31. The molecule has 0 aliphatic rings. The molecule has 0 saturated carbocycles. The van der Waals surface area contributed by atoms with Crippen LogP contribution in [-0.2, 0) is 6.54 Å². The maximum Gasteiger partial charge on any atom is 0.149 e. The van der Waals surface area contributed by atoms with Gasteiger partial charge in [-0.15, -0.1) is 0 Å². The third kappa shape index (κ3) is 2.91. The van der Waals surface area contributed by atoms with Crippen LogP contribution in [0.15, 0.2) is 36.5 Å². The second-order valence-corrected chi connectivity index (χ2v) is 3.83. The van der Waals surface area contributed by atoms with E-state index in [1.807, 2.05) is 0 Å². The molecular formula is C12H9ClF2N2. The Morgan fingerprint density at radius 1 is 1.12 bits per heavy atom. The van der Waals surface area contributed by atoms with Gasteiger partial charge in [0.2, 0.25) is 0 Å². The minimum absolute atomic E-state index is 0.137. The fraction of sp³-hybridized carbons (Fsp3) is 0.0833. The first-order chi connectivity index (χ1) is 8.16. The lowest BCUT2D eigenvalue weighted by atomic mass is 10.2. The number of aromatic nitrogens is 1. The van der Waals surface area contributed by atoms with Gasteiger partial charge < -0.3 is 5.32 Å². The smallest absolute Gasteiger partial charge is 0.149 e. The molecule has 0 aliphatic carbocycles. The molecule has 0 spiro atoms. The molecular weight excluding hydrogens is 246 g/mol. The van der Waals surface area contributed by atoms with E-state index in [0.717, 1.165) is 5.56 Å². The minimum atomic E-state index is -0.619. The molecule has 0 aliphatic heterocycles. The highest BCUT2D eigenvalue weighted by Gasteiger charge is 2.07. The predicted octanol–water partition coefficient (Wildman–Crippen LogP) is 3.63. The summed E-state index contributed by atoms with van der Waals surface area (Å²) in [7, 11) is 0. The van der Waals surface area contributed by atoms with Crippen LogP contribution in [0.3, 0.4) is 0 Å². The van der Waals surface area contributed by atoms with Crippen molar-refractivity contribution in [3.8, 4) is 0 Å². The van der Waals surface area contributed by atoms with Crippen molar-refractivity contribution >= 4 is 17.3 Å². The van der Waals surface area contributed by atoms with Crippen molar-refractivity contribution in [2.24, 2.45) is 0 Å². The Kier molecular flexibility index (Phi) is 3.54. The number of pyridine rings is 1. The summed E-state index contributed by atoms with van der Waals surface area (Å²) in [4.78, 5) is 3.87. The zero-order chi connectivity index (χ0) is 12.3. The molecule has 1 aromatic carbocycles. The van der Waals surface area contributed by atoms with Crippen LogP contribution < -0.4 is 5.32 Å². The van der Waals surface area contributed by atoms with E-state index in [-0.39, 0.29) is 12.2 Å². The van der Waals surface area contributed by atoms with Crippen LogP contribution in [-0.4, -0.2) is 4.98 Å². The van der Waals surface area contributed by atoms with Crippen molar-refractivity contribution in [3.05, 3.63) is 58.9 Å². The molecule has 88 valence electrons. The van der Waals surface area contributed by atoms with E-state index in [9.17, 15) is 8.78 Å². The van der Waals surface area contributed by atoms with E-state index in [1.54, 1.807) is 18.3 Å². The normalized spacial score (nSPS) is 10.3. The number of anilines is 1. The van der Waals surface area contributed by atoms with Gasteiger partial charge in [-0.3, -0.25) is 0 Å². The van der Waals surface area contributed by atoms with Crippen molar-refractivity contribution < 1.29 is 8.78 Å². The van der Waals surface area contributed by atoms with Crippen LogP contribution in [0.1, 0.15) is 5.56 Å². The maximum atomic E-state index is 13.3. The molecule has 5 heteroatoms. The van der Waals surface area contributed by atoms with E-state index >= 15 is 0 Å². The molecule has 0 unspecified atom stereocenters. The van der Waals surface area contributed by atoms with Crippen LogP contribution in [0.25, 0.3) is 0 Å². The number of rotatable bonds is 3. The predicted molar refractivity (Wildman–Crippen MR) is 62.9 cm³/mol. The van der Waals surface area contributed by atoms with E-state index in [2.05, 4.69) is 10.3 Å². The molecule has 1 N–H and O–H groups in total. The molecule has 2 rings (SSSR count). The lowest BCUT2D eigenvalue weighted by Gasteiger charge is -2.08. The largest absolute Gasteiger partial charge is 0.376 e. The summed E-state index contributed by atoms with van der Waals surface area (Å²) in [6.07, 6.45) is 1.55. The number of nitrogens with one attached hydrogen (secondary N) is 1. The molecule has 0 radical (unpaired) electrons. The molecule has 0 bridgehead atoms. The molecule has 2 aromatic rings. The van der Waals surface area contributed by atoms with Gasteiger partial charge in [0.1, 0.15) is 22.5 Å². The lowest BCUT2D eigenvalue weighted by molar-refractivity contribution is 0.588. The zero-order valence-corrected chi connectivity index (χ0v) is 9.51. The van der Waals surface area contributed by atoms with Gasteiger partial charge in [-0.1, -0.05) is 23.7 Å². The van der Waals surface area contributed by atoms with Crippen LogP contribution in [0.5, 0.6) is 0 Å². The number of benzene rings is 1. The molecule has 0 amide bonds. The monoisotopic (exact) mass is 254 g/mol. The van der Waals surface area contributed by atoms with Crippen molar-refractivity contribution in [2.75, 3.05) is 5.32 Å². The summed E-state index contributed by atoms with van der Waals surface area (Å²) in [5.41, 5.74) is 0.652. The number of nitrogens with zero attached hydrogens (tertiary/aromatic N) is 1. The number of hydrogen-bond acceptors (Lipinski definition) is 2. The van der Waals surface area contributed by atoms with Gasteiger partial charge in [-0.2, -0.15) is 0 Å². The molecule has 17 heavy (non-hydrogen) atoms. The highest BCUT2D eigenvalue weighted by Crippen LogP contribution is 2.18. The Balaban J connectivity index is 2.10. The SMILES string of the molecule is Fc1cccc(F)c1NCc1ccc(Cl)nc1. The van der Waals surface area contributed by atoms with Gasteiger partial charge in [0.15, 0.2) is 0 Å². The molecule has 0 saturated heterocycles. The summed E-state index contributed by atoms with van der Waals surface area (Å²) in [5.74, 6) is -1.24. The van der Waals surface area contributed by atoms with Gasteiger partial charge in [0.25, 0.3) is 0 Å². The molecule has 0 atom stereocenters. The van der Waals surface area contributed by atoms with Gasteiger partial charge >= 0.3 is 0 Å². The van der Waals surface area contributed by atoms with Crippen LogP contribution in [0, 0.1) is 11.6 Å². The first-order valence-electron chi connectivity index (χ1n) is 4.95. The Morgan fingerprint density at radius 2 is 1.82 bits per heavy atom. The summed E-state index contributed by atoms with van der Waals surface area (Å²) in [6.45, 7) is 0.280. The highest BCUT2D eigenvalue weighted by molar-refractivity contribution is 6.29. The number of halogens is 3. The Labute approximate surface area is 102 Å². The van der Waals surface area contributed by atoms with E-state index in [1.165, 1.54) is 18.2 Å². The maximum absolute atomic E-state index is 13.3. The topological polar surface area (TPSA) is 24.9 Å². The Bertz CT molecular complexity index is 494. The first-order valence-corrected chi connectivity index (χ1v) is 5.33. The Morgan fingerprint density at radius 3 is 2.41 bits per heavy atom. The highest BCUT2D eigenvalue weighted by atomic mass is 35.5. The fourth-order valence-corrected chi connectivity index (χ4v) is 1.48. The molecule has 1 aromatic heterocycles. The van der Waals surface area contributed by atoms with E-state index < -0.39 is 11.6 Å². The van der Waals surface area contributed by atoms with Crippen molar-refractivity contribution in [1.29, 1.82) is 0 Å². The third-order valence-electron chi connectivity index (χ3n) is 2.22. The fourth-order valence-electron chi connectivity index (χ4n) is 1.37. The summed E-state index contributed by atoms with van der Waals surface area (Å²) in [6, 6.07) is 7.08. The van der Waals surface area contributed by atoms with Gasteiger partial charge in [0.05, 0.1) is 0 Å².